The summed E-state index contributed by atoms with van der Waals surface area (Å²) < 4.78 is 21.5. The van der Waals surface area contributed by atoms with E-state index in [1.54, 1.807) is 5.56 Å². The number of fused-ring (bicyclic) bond motifs is 6. The zero-order valence-electron chi connectivity index (χ0n) is 57.6. The van der Waals surface area contributed by atoms with Gasteiger partial charge in [-0.2, -0.15) is 0 Å². The van der Waals surface area contributed by atoms with Crippen LogP contribution in [-0.2, 0) is 18.8 Å². The van der Waals surface area contributed by atoms with Crippen LogP contribution in [0.4, 0.5) is 0 Å². The second-order valence-electron chi connectivity index (χ2n) is 29.7. The van der Waals surface area contributed by atoms with Crippen LogP contribution in [0, 0.1) is 66.1 Å². The lowest BCUT2D eigenvalue weighted by Crippen LogP contribution is -2.37. The van der Waals surface area contributed by atoms with Crippen molar-refractivity contribution >= 4 is 41.4 Å². The minimum absolute atomic E-state index is 0.0196. The molecule has 476 valence electrons. The number of ether oxygens (including phenoxy) is 2. The molecule has 3 saturated heterocycles. The van der Waals surface area contributed by atoms with E-state index in [1.807, 2.05) is 13.7 Å². The van der Waals surface area contributed by atoms with Gasteiger partial charge in [0.2, 0.25) is 0 Å². The van der Waals surface area contributed by atoms with Crippen LogP contribution in [0.3, 0.4) is 0 Å². The number of nitrogens with one attached hydrogen (secondary N) is 1. The van der Waals surface area contributed by atoms with Crippen LogP contribution in [0.25, 0.3) is 10.8 Å². The molecule has 85 heavy (non-hydrogen) atoms. The molecule has 0 amide bonds. The van der Waals surface area contributed by atoms with Gasteiger partial charge in [0.25, 0.3) is 0 Å². The third-order valence-corrected chi connectivity index (χ3v) is 23.1. The van der Waals surface area contributed by atoms with Gasteiger partial charge in [-0.25, -0.2) is 0 Å². The van der Waals surface area contributed by atoms with Crippen LogP contribution in [0.2, 0.25) is 6.82 Å². The lowest BCUT2D eigenvalue weighted by Gasteiger charge is -2.50. The van der Waals surface area contributed by atoms with Gasteiger partial charge in [0.05, 0.1) is 13.2 Å². The highest BCUT2D eigenvalue weighted by Gasteiger charge is 2.43. The number of H-pyrrole nitrogens is 1. The Labute approximate surface area is 532 Å². The third-order valence-electron chi connectivity index (χ3n) is 19.8. The zero-order chi connectivity index (χ0) is 62.2. The van der Waals surface area contributed by atoms with Gasteiger partial charge in [-0.15, -0.1) is 23.5 Å². The molecule has 0 unspecified atom stereocenters. The van der Waals surface area contributed by atoms with Gasteiger partial charge in [-0.3, -0.25) is 0 Å². The predicted molar refractivity (Wildman–Crippen MR) is 377 cm³/mol. The van der Waals surface area contributed by atoms with Crippen molar-refractivity contribution in [1.29, 1.82) is 0 Å². The summed E-state index contributed by atoms with van der Waals surface area (Å²) in [5.74, 6) is 6.63. The largest absolute Gasteiger partial charge is 0.453 e. The van der Waals surface area contributed by atoms with Crippen LogP contribution >= 0.6 is 23.5 Å². The predicted octanol–water partition coefficient (Wildman–Crippen LogP) is 23.2. The molecule has 1 N–H and O–H groups in total. The van der Waals surface area contributed by atoms with E-state index >= 15 is 0 Å². The van der Waals surface area contributed by atoms with Crippen LogP contribution in [0.15, 0.2) is 107 Å². The Hall–Kier alpha value is -2.72. The third kappa shape index (κ3) is 27.9. The van der Waals surface area contributed by atoms with Crippen LogP contribution < -0.4 is 0 Å². The van der Waals surface area contributed by atoms with Crippen molar-refractivity contribution in [1.82, 2.24) is 4.98 Å². The fourth-order valence-electron chi connectivity index (χ4n) is 12.3. The first-order valence-corrected chi connectivity index (χ1v) is 36.0. The summed E-state index contributed by atoms with van der Waals surface area (Å²) in [7, 11) is 0.0196. The van der Waals surface area contributed by atoms with E-state index in [0.29, 0.717) is 22.7 Å². The van der Waals surface area contributed by atoms with Crippen molar-refractivity contribution in [3.63, 3.8) is 0 Å². The molecular formula is C77H124BNO4S2. The first kappa shape index (κ1) is 73.0. The van der Waals surface area contributed by atoms with E-state index in [9.17, 15) is 0 Å². The molecule has 0 spiro atoms. The molecule has 3 aromatic rings. The summed E-state index contributed by atoms with van der Waals surface area (Å²) in [6, 6.07) is 15.6. The molecule has 5 nitrogen and oxygen atoms in total. The summed E-state index contributed by atoms with van der Waals surface area (Å²) in [6.45, 7) is 43.3. The Morgan fingerprint density at radius 2 is 0.953 bits per heavy atom. The maximum Gasteiger partial charge on any atom is 0.453 e. The van der Waals surface area contributed by atoms with Crippen molar-refractivity contribution in [3.8, 4) is 0 Å². The Bertz CT molecular complexity index is 2360. The topological polar surface area (TPSA) is 52.7 Å². The molecule has 4 heterocycles. The number of hydrogen-bond donors (Lipinski definition) is 1. The van der Waals surface area contributed by atoms with Gasteiger partial charge in [0.15, 0.2) is 6.29 Å². The molecule has 8 heteroatoms. The molecule has 1 aromatic heterocycles. The van der Waals surface area contributed by atoms with E-state index in [2.05, 4.69) is 224 Å². The minimum Gasteiger partial charge on any atom is -0.411 e. The van der Waals surface area contributed by atoms with Gasteiger partial charge in [-0.1, -0.05) is 175 Å². The number of thioether (sulfide) groups is 2. The van der Waals surface area contributed by atoms with Crippen molar-refractivity contribution in [2.24, 2.45) is 45.3 Å². The van der Waals surface area contributed by atoms with Crippen molar-refractivity contribution in [3.05, 3.63) is 130 Å². The molecule has 0 radical (unpaired) electrons. The van der Waals surface area contributed by atoms with Crippen molar-refractivity contribution in [2.75, 3.05) is 37.9 Å². The first-order chi connectivity index (χ1) is 40.2. The Balaban J connectivity index is 0.000000176. The fourth-order valence-corrected chi connectivity index (χ4v) is 14.7. The standard InChI is InChI=1S/C14H20.C10H11N.C10H18.C10H16.2C8H12.C6H12O2.C6H12S2.C5H11BO2/c1-11-3-7-13(8-4-11)14-9-5-12(2)6-10-14;1-7-3-4-10-8(2)11-6-9(10)5-7;2*1-9-3-6-10(2,7-4-9)8-5-9;2*1-7-3-5-8(2)6-4-7;3*1-5-3-7-6(2)8-4-5/h3-4,7-8,12,14H,5-6,9-10H2,1-2H3;3-6,11H,1-2H3;3-8H2,1-2H3;3,6H,4-5,7-8H2,1-2H3;3,6H,4-5H2,1-2H3;3,5H,4,6H2,1-2H3;2*5-6H,3-4H2,1-2H3;5H,3-4H2,1-2H3. The molecular weight excluding hydrogens is 1080 g/mol. The smallest absolute Gasteiger partial charge is 0.411 e. The number of aromatic nitrogens is 1. The first-order valence-electron chi connectivity index (χ1n) is 33.9. The highest BCUT2D eigenvalue weighted by atomic mass is 32.2. The van der Waals surface area contributed by atoms with E-state index in [0.717, 1.165) is 59.6 Å². The average molecular weight is 1200 g/mol. The Morgan fingerprint density at radius 1 is 0.506 bits per heavy atom. The summed E-state index contributed by atoms with van der Waals surface area (Å²) in [5, 5.41) is 2.64. The van der Waals surface area contributed by atoms with Crippen LogP contribution in [0.5, 0.6) is 0 Å². The quantitative estimate of drug-likeness (QED) is 0.194. The fraction of sp³-hybridized carbons (Fsp3) is 0.688. The van der Waals surface area contributed by atoms with Crippen LogP contribution in [0.1, 0.15) is 241 Å². The molecule has 8 fully saturated rings. The average Bonchev–Trinajstić information content (AvgIpc) is 2.70. The molecule has 4 bridgehead atoms. The lowest BCUT2D eigenvalue weighted by atomic mass is 9.55. The SMILES string of the molecule is CB1OCC(C)CO1.CC12C=CC(C)(CC1)CC2.CC12CCC(C)(CC1)CC2.CC1=CC=C(C)CC1.CC1=CCC(C)=CC1.CC1COC(C)OC1.CC1CSC(C)SC1.Cc1ccc(C2CCC(C)CC2)cc1.Cc1ccc2c(C)[nH]cc2c1. The van der Waals surface area contributed by atoms with E-state index < -0.39 is 0 Å². The molecule has 15 rings (SSSR count). The van der Waals surface area contributed by atoms with E-state index in [1.165, 1.54) is 177 Å². The maximum atomic E-state index is 5.17. The molecule has 2 aromatic carbocycles. The lowest BCUT2D eigenvalue weighted by molar-refractivity contribution is -0.187. The summed E-state index contributed by atoms with van der Waals surface area (Å²) in [4.78, 5) is 3.20. The highest BCUT2D eigenvalue weighted by Crippen LogP contribution is 2.56. The van der Waals surface area contributed by atoms with Gasteiger partial charge in [0, 0.05) is 41.0 Å². The molecule has 3 aliphatic heterocycles. The Kier molecular flexibility index (Phi) is 31.1. The second kappa shape index (κ2) is 36.2. The second-order valence-corrected chi connectivity index (χ2v) is 32.7. The van der Waals surface area contributed by atoms with E-state index in [4.69, 9.17) is 18.8 Å². The molecule has 5 saturated carbocycles. The summed E-state index contributed by atoms with van der Waals surface area (Å²) in [6.07, 6.45) is 41.2. The number of aryl methyl sites for hydroxylation is 3. The number of benzene rings is 2. The maximum absolute atomic E-state index is 5.17. The van der Waals surface area contributed by atoms with Crippen LogP contribution in [-0.4, -0.2) is 60.9 Å². The summed E-state index contributed by atoms with van der Waals surface area (Å²) in [5.41, 5.74) is 14.2. The van der Waals surface area contributed by atoms with Gasteiger partial charge in [0.1, 0.15) is 0 Å². The van der Waals surface area contributed by atoms with Crippen molar-refractivity contribution in [2.45, 2.75) is 257 Å². The number of allylic oxidation sites excluding steroid dienone is 10. The highest BCUT2D eigenvalue weighted by molar-refractivity contribution is 8.17. The number of aromatic amines is 1. The summed E-state index contributed by atoms with van der Waals surface area (Å²) >= 11 is 4.18. The Morgan fingerprint density at radius 3 is 1.35 bits per heavy atom. The zero-order valence-corrected chi connectivity index (χ0v) is 59.3. The van der Waals surface area contributed by atoms with Gasteiger partial charge < -0.3 is 23.8 Å². The van der Waals surface area contributed by atoms with Gasteiger partial charge >= 0.3 is 7.12 Å². The molecule has 12 aliphatic rings. The number of hydrogen-bond acceptors (Lipinski definition) is 6. The molecule has 9 aliphatic carbocycles. The molecule has 0 atom stereocenters. The number of rotatable bonds is 1. The van der Waals surface area contributed by atoms with Crippen molar-refractivity contribution < 1.29 is 18.8 Å². The minimum atomic E-state index is 0.0196. The normalized spacial score (nSPS) is 31.8. The monoisotopic (exact) mass is 1200 g/mol. The van der Waals surface area contributed by atoms with Gasteiger partial charge in [-0.05, 0) is 246 Å². The van der Waals surface area contributed by atoms with E-state index in [-0.39, 0.29) is 13.4 Å².